The molecular formula is C19H31N3O3S. The van der Waals surface area contributed by atoms with Crippen LogP contribution >= 0.6 is 0 Å². The van der Waals surface area contributed by atoms with Crippen molar-refractivity contribution in [1.29, 1.82) is 0 Å². The predicted octanol–water partition coefficient (Wildman–Crippen LogP) is 2.22. The van der Waals surface area contributed by atoms with E-state index in [1.165, 1.54) is 10.4 Å². The van der Waals surface area contributed by atoms with E-state index in [1.807, 2.05) is 32.6 Å². The molecule has 146 valence electrons. The fourth-order valence-corrected chi connectivity index (χ4v) is 4.98. The first kappa shape index (κ1) is 20.9. The Kier molecular flexibility index (Phi) is 6.82. The summed E-state index contributed by atoms with van der Waals surface area (Å²) in [5, 5.41) is 0. The van der Waals surface area contributed by atoms with Crippen molar-refractivity contribution in [3.8, 4) is 0 Å². The molecule has 26 heavy (non-hydrogen) atoms. The van der Waals surface area contributed by atoms with Crippen molar-refractivity contribution < 1.29 is 13.2 Å². The van der Waals surface area contributed by atoms with E-state index in [1.54, 1.807) is 12.1 Å². The Balaban J connectivity index is 2.34. The average molecular weight is 382 g/mol. The molecule has 0 radical (unpaired) electrons. The zero-order valence-electron chi connectivity index (χ0n) is 16.2. The Morgan fingerprint density at radius 3 is 2.58 bits per heavy atom. The van der Waals surface area contributed by atoms with Gasteiger partial charge in [0.2, 0.25) is 10.0 Å². The minimum Gasteiger partial charge on any atom is -0.338 e. The number of carbonyl (C=O) groups excluding carboxylic acids is 1. The molecule has 0 bridgehead atoms. The third-order valence-corrected chi connectivity index (χ3v) is 7.32. The Labute approximate surface area is 157 Å². The summed E-state index contributed by atoms with van der Waals surface area (Å²) in [6.45, 7) is 9.55. The molecule has 2 atom stereocenters. The minimum absolute atomic E-state index is 0.0427. The largest absolute Gasteiger partial charge is 0.338 e. The molecule has 0 saturated carbocycles. The fourth-order valence-electron chi connectivity index (χ4n) is 3.50. The maximum atomic E-state index is 13.1. The first-order valence-corrected chi connectivity index (χ1v) is 10.8. The SMILES string of the molecule is CCN(CC)S(=O)(=O)c1ccc(C)c(C(=O)N2CCCC(C(C)N)C2)c1. The molecule has 1 aromatic carbocycles. The maximum absolute atomic E-state index is 13.1. The van der Waals surface area contributed by atoms with Crippen LogP contribution in [0.1, 0.15) is 49.5 Å². The molecule has 6 nitrogen and oxygen atoms in total. The summed E-state index contributed by atoms with van der Waals surface area (Å²) < 4.78 is 27.0. The first-order chi connectivity index (χ1) is 12.2. The summed E-state index contributed by atoms with van der Waals surface area (Å²) in [7, 11) is -3.59. The number of hydrogen-bond donors (Lipinski definition) is 1. The van der Waals surface area contributed by atoms with Crippen LogP contribution in [0.2, 0.25) is 0 Å². The normalized spacial score (nSPS) is 19.6. The van der Waals surface area contributed by atoms with E-state index in [2.05, 4.69) is 0 Å². The molecule has 2 unspecified atom stereocenters. The second kappa shape index (κ2) is 8.50. The number of piperidine rings is 1. The van der Waals surface area contributed by atoms with Gasteiger partial charge in [-0.15, -0.1) is 0 Å². The van der Waals surface area contributed by atoms with Gasteiger partial charge in [0.15, 0.2) is 0 Å². The third-order valence-electron chi connectivity index (χ3n) is 5.27. The Bertz CT molecular complexity index is 742. The highest BCUT2D eigenvalue weighted by molar-refractivity contribution is 7.89. The molecule has 1 amide bonds. The molecule has 1 heterocycles. The van der Waals surface area contributed by atoms with Crippen LogP contribution in [0.4, 0.5) is 0 Å². The number of likely N-dealkylation sites (tertiary alicyclic amines) is 1. The van der Waals surface area contributed by atoms with Crippen LogP contribution in [0.15, 0.2) is 23.1 Å². The zero-order valence-corrected chi connectivity index (χ0v) is 17.1. The van der Waals surface area contributed by atoms with E-state index in [9.17, 15) is 13.2 Å². The van der Waals surface area contributed by atoms with Gasteiger partial charge in [-0.05, 0) is 50.3 Å². The van der Waals surface area contributed by atoms with E-state index in [0.29, 0.717) is 31.7 Å². The van der Waals surface area contributed by atoms with E-state index in [0.717, 1.165) is 18.4 Å². The summed E-state index contributed by atoms with van der Waals surface area (Å²) in [6, 6.07) is 4.87. The molecule has 7 heteroatoms. The van der Waals surface area contributed by atoms with Gasteiger partial charge in [0.1, 0.15) is 0 Å². The van der Waals surface area contributed by atoms with Crippen LogP contribution in [0.25, 0.3) is 0 Å². The highest BCUT2D eigenvalue weighted by Crippen LogP contribution is 2.24. The van der Waals surface area contributed by atoms with Crippen LogP contribution in [0, 0.1) is 12.8 Å². The average Bonchev–Trinajstić information content (AvgIpc) is 2.62. The number of amides is 1. The number of aryl methyl sites for hydroxylation is 1. The van der Waals surface area contributed by atoms with Gasteiger partial charge in [-0.25, -0.2) is 8.42 Å². The van der Waals surface area contributed by atoms with Crippen LogP contribution in [-0.4, -0.2) is 55.8 Å². The summed E-state index contributed by atoms with van der Waals surface area (Å²) in [5.41, 5.74) is 7.27. The Morgan fingerprint density at radius 2 is 2.00 bits per heavy atom. The maximum Gasteiger partial charge on any atom is 0.254 e. The molecule has 2 N–H and O–H groups in total. The highest BCUT2D eigenvalue weighted by atomic mass is 32.2. The second-order valence-corrected chi connectivity index (χ2v) is 9.02. The first-order valence-electron chi connectivity index (χ1n) is 9.38. The number of sulfonamides is 1. The van der Waals surface area contributed by atoms with Crippen LogP contribution in [0.3, 0.4) is 0 Å². The van der Waals surface area contributed by atoms with Crippen molar-refractivity contribution >= 4 is 15.9 Å². The van der Waals surface area contributed by atoms with E-state index < -0.39 is 10.0 Å². The standard InChI is InChI=1S/C19H31N3O3S/c1-5-22(6-2)26(24,25)17-10-9-14(3)18(12-17)19(23)21-11-7-8-16(13-21)15(4)20/h9-10,12,15-16H,5-8,11,13,20H2,1-4H3. The molecule has 1 saturated heterocycles. The summed E-state index contributed by atoms with van der Waals surface area (Å²) in [4.78, 5) is 15.0. The number of rotatable bonds is 6. The quantitative estimate of drug-likeness (QED) is 0.819. The van der Waals surface area contributed by atoms with Gasteiger partial charge in [-0.2, -0.15) is 4.31 Å². The van der Waals surface area contributed by atoms with E-state index >= 15 is 0 Å². The smallest absolute Gasteiger partial charge is 0.254 e. The van der Waals surface area contributed by atoms with Gasteiger partial charge in [-0.1, -0.05) is 19.9 Å². The topological polar surface area (TPSA) is 83.7 Å². The monoisotopic (exact) mass is 381 g/mol. The third kappa shape index (κ3) is 4.27. The fraction of sp³-hybridized carbons (Fsp3) is 0.632. The van der Waals surface area contributed by atoms with Gasteiger partial charge >= 0.3 is 0 Å². The molecule has 2 rings (SSSR count). The summed E-state index contributed by atoms with van der Waals surface area (Å²) in [5.74, 6) is 0.181. The molecule has 0 aromatic heterocycles. The molecule has 1 aromatic rings. The van der Waals surface area contributed by atoms with Gasteiger partial charge in [0.25, 0.3) is 5.91 Å². The van der Waals surface area contributed by atoms with E-state index in [4.69, 9.17) is 5.73 Å². The van der Waals surface area contributed by atoms with Crippen molar-refractivity contribution in [2.45, 2.75) is 51.5 Å². The van der Waals surface area contributed by atoms with Gasteiger partial charge in [-0.3, -0.25) is 4.79 Å². The van der Waals surface area contributed by atoms with Crippen molar-refractivity contribution in [1.82, 2.24) is 9.21 Å². The minimum atomic E-state index is -3.59. The highest BCUT2D eigenvalue weighted by Gasteiger charge is 2.29. The Morgan fingerprint density at radius 1 is 1.35 bits per heavy atom. The number of nitrogens with two attached hydrogens (primary N) is 1. The van der Waals surface area contributed by atoms with Crippen molar-refractivity contribution in [2.24, 2.45) is 11.7 Å². The molecule has 1 aliphatic rings. The number of carbonyl (C=O) groups is 1. The number of nitrogens with zero attached hydrogens (tertiary/aromatic N) is 2. The molecule has 1 aliphatic heterocycles. The lowest BCUT2D eigenvalue weighted by Crippen LogP contribution is -2.45. The number of benzene rings is 1. The zero-order chi connectivity index (χ0) is 19.5. The lowest BCUT2D eigenvalue weighted by molar-refractivity contribution is 0.0660. The van der Waals surface area contributed by atoms with Gasteiger partial charge in [0.05, 0.1) is 4.90 Å². The Hall–Kier alpha value is -1.44. The van der Waals surface area contributed by atoms with Crippen molar-refractivity contribution in [2.75, 3.05) is 26.2 Å². The van der Waals surface area contributed by atoms with Crippen LogP contribution in [0.5, 0.6) is 0 Å². The summed E-state index contributed by atoms with van der Waals surface area (Å²) >= 11 is 0. The van der Waals surface area contributed by atoms with Crippen molar-refractivity contribution in [3.63, 3.8) is 0 Å². The lowest BCUT2D eigenvalue weighted by atomic mass is 9.91. The second-order valence-electron chi connectivity index (χ2n) is 7.08. The van der Waals surface area contributed by atoms with Gasteiger partial charge < -0.3 is 10.6 Å². The molecule has 1 fully saturated rings. The lowest BCUT2D eigenvalue weighted by Gasteiger charge is -2.35. The summed E-state index contributed by atoms with van der Waals surface area (Å²) in [6.07, 6.45) is 1.95. The van der Waals surface area contributed by atoms with Crippen LogP contribution in [-0.2, 0) is 10.0 Å². The van der Waals surface area contributed by atoms with Crippen molar-refractivity contribution in [3.05, 3.63) is 29.3 Å². The van der Waals surface area contributed by atoms with Gasteiger partial charge in [0, 0.05) is 37.8 Å². The molecule has 0 spiro atoms. The molecular weight excluding hydrogens is 350 g/mol. The van der Waals surface area contributed by atoms with Crippen LogP contribution < -0.4 is 5.73 Å². The predicted molar refractivity (Wildman–Crippen MR) is 104 cm³/mol. The van der Waals surface area contributed by atoms with E-state index in [-0.39, 0.29) is 22.8 Å². The molecule has 0 aliphatic carbocycles. The number of hydrogen-bond acceptors (Lipinski definition) is 4.